The molecule has 2 heterocycles. The lowest BCUT2D eigenvalue weighted by Gasteiger charge is -2.40. The van der Waals surface area contributed by atoms with Crippen molar-refractivity contribution in [3.63, 3.8) is 0 Å². The number of likely N-dealkylation sites (N-methyl/N-ethyl adjacent to an activating group) is 1. The molecule has 0 radical (unpaired) electrons. The van der Waals surface area contributed by atoms with Crippen molar-refractivity contribution in [3.8, 4) is 11.5 Å². The van der Waals surface area contributed by atoms with Gasteiger partial charge in [-0.3, -0.25) is 9.69 Å². The fraction of sp³-hybridized carbons (Fsp3) is 0.500. The van der Waals surface area contributed by atoms with Gasteiger partial charge in [-0.15, -0.1) is 0 Å². The molecule has 0 bridgehead atoms. The fourth-order valence-corrected chi connectivity index (χ4v) is 3.74. The Morgan fingerprint density at radius 2 is 2.14 bits per heavy atom. The van der Waals surface area contributed by atoms with E-state index in [0.29, 0.717) is 43.3 Å². The van der Waals surface area contributed by atoms with Crippen molar-refractivity contribution in [2.45, 2.75) is 31.5 Å². The average Bonchev–Trinajstić information content (AvgIpc) is 3.18. The molecule has 0 spiro atoms. The summed E-state index contributed by atoms with van der Waals surface area (Å²) in [5.74, 6) is 1.64. The summed E-state index contributed by atoms with van der Waals surface area (Å²) < 4.78 is 15.9. The number of ether oxygens (including phenoxy) is 2. The highest BCUT2D eigenvalue weighted by atomic mass is 16.5. The second-order valence-electron chi connectivity index (χ2n) is 7.17. The predicted octanol–water partition coefficient (Wildman–Crippen LogP) is 1.68. The van der Waals surface area contributed by atoms with Gasteiger partial charge in [0.25, 0.3) is 5.91 Å². The molecule has 0 aliphatic carbocycles. The summed E-state index contributed by atoms with van der Waals surface area (Å²) in [6.45, 7) is 1.64. The summed E-state index contributed by atoms with van der Waals surface area (Å²) >= 11 is 0. The fourth-order valence-electron chi connectivity index (χ4n) is 3.74. The highest BCUT2D eigenvalue weighted by Gasteiger charge is 2.43. The van der Waals surface area contributed by atoms with Crippen molar-refractivity contribution in [1.82, 2.24) is 15.0 Å². The van der Waals surface area contributed by atoms with E-state index in [1.165, 1.54) is 0 Å². The molecular formula is C20H27N3O5. The van der Waals surface area contributed by atoms with Crippen LogP contribution in [0.5, 0.6) is 11.5 Å². The molecule has 8 heteroatoms. The minimum absolute atomic E-state index is 0.221. The molecule has 1 N–H and O–H groups in total. The lowest BCUT2D eigenvalue weighted by molar-refractivity contribution is -0.160. The van der Waals surface area contributed by atoms with Crippen molar-refractivity contribution in [2.24, 2.45) is 0 Å². The van der Waals surface area contributed by atoms with Gasteiger partial charge >= 0.3 is 0 Å². The number of para-hydroxylation sites is 1. The minimum atomic E-state index is -1.43. The van der Waals surface area contributed by atoms with E-state index in [1.807, 2.05) is 30.1 Å². The van der Waals surface area contributed by atoms with E-state index in [4.69, 9.17) is 14.0 Å². The second kappa shape index (κ2) is 8.62. The van der Waals surface area contributed by atoms with Gasteiger partial charge in [-0.25, -0.2) is 0 Å². The Hall–Kier alpha value is -2.58. The zero-order valence-corrected chi connectivity index (χ0v) is 16.6. The molecule has 1 aromatic carbocycles. The predicted molar refractivity (Wildman–Crippen MR) is 102 cm³/mol. The van der Waals surface area contributed by atoms with Gasteiger partial charge in [0.2, 0.25) is 0 Å². The van der Waals surface area contributed by atoms with Crippen LogP contribution in [0.1, 0.15) is 24.2 Å². The van der Waals surface area contributed by atoms with Crippen LogP contribution in [0, 0.1) is 0 Å². The molecule has 1 amide bonds. The molecule has 1 atom stereocenters. The Kier molecular flexibility index (Phi) is 6.21. The van der Waals surface area contributed by atoms with E-state index in [1.54, 1.807) is 31.4 Å². The Bertz CT molecular complexity index is 795. The Labute approximate surface area is 164 Å². The maximum absolute atomic E-state index is 13.1. The molecule has 1 aliphatic heterocycles. The number of nitrogens with zero attached hydrogens (tertiary/aromatic N) is 3. The molecule has 28 heavy (non-hydrogen) atoms. The van der Waals surface area contributed by atoms with E-state index >= 15 is 0 Å². The number of likely N-dealkylation sites (tertiary alicyclic amines) is 1. The molecule has 0 unspecified atom stereocenters. The van der Waals surface area contributed by atoms with Crippen molar-refractivity contribution < 1.29 is 23.9 Å². The monoisotopic (exact) mass is 389 g/mol. The standard InChI is InChI=1S/C20H27N3O5/c1-22(13-16-8-10-21-28-16)14-20(25)9-5-11-23(19(20)24)12-15-6-4-7-17(26-2)18(15)27-3/h4,6-8,10,25H,5,9,11-14H2,1-3H3/t20-/m0/s1. The van der Waals surface area contributed by atoms with Crippen LogP contribution in [0.3, 0.4) is 0 Å². The summed E-state index contributed by atoms with van der Waals surface area (Å²) in [6, 6.07) is 7.35. The Morgan fingerprint density at radius 1 is 1.32 bits per heavy atom. The molecule has 2 aromatic rings. The van der Waals surface area contributed by atoms with Gasteiger partial charge in [0.05, 0.1) is 27.0 Å². The highest BCUT2D eigenvalue weighted by molar-refractivity contribution is 5.86. The highest BCUT2D eigenvalue weighted by Crippen LogP contribution is 2.33. The van der Waals surface area contributed by atoms with Crippen LogP contribution >= 0.6 is 0 Å². The zero-order valence-electron chi connectivity index (χ0n) is 16.6. The van der Waals surface area contributed by atoms with E-state index in [0.717, 1.165) is 12.0 Å². The molecule has 152 valence electrons. The lowest BCUT2D eigenvalue weighted by atomic mass is 9.90. The number of aliphatic hydroxyl groups is 1. The third kappa shape index (κ3) is 4.28. The van der Waals surface area contributed by atoms with Gasteiger partial charge in [-0.2, -0.15) is 0 Å². The van der Waals surface area contributed by atoms with Gasteiger partial charge in [0.1, 0.15) is 0 Å². The van der Waals surface area contributed by atoms with Crippen molar-refractivity contribution in [3.05, 3.63) is 41.8 Å². The van der Waals surface area contributed by atoms with E-state index in [-0.39, 0.29) is 12.5 Å². The van der Waals surface area contributed by atoms with E-state index < -0.39 is 5.60 Å². The molecular weight excluding hydrogens is 362 g/mol. The average molecular weight is 389 g/mol. The molecule has 3 rings (SSSR count). The van der Waals surface area contributed by atoms with Crippen LogP contribution in [0.25, 0.3) is 0 Å². The number of hydrogen-bond donors (Lipinski definition) is 1. The molecule has 0 saturated carbocycles. The SMILES string of the molecule is COc1cccc(CN2CCC[C@](O)(CN(C)Cc3ccno3)C2=O)c1OC. The number of piperidine rings is 1. The number of rotatable bonds is 8. The summed E-state index contributed by atoms with van der Waals surface area (Å²) in [5, 5.41) is 14.8. The third-order valence-electron chi connectivity index (χ3n) is 5.00. The Balaban J connectivity index is 1.71. The number of hydrogen-bond acceptors (Lipinski definition) is 7. The number of benzene rings is 1. The topological polar surface area (TPSA) is 88.3 Å². The second-order valence-corrected chi connectivity index (χ2v) is 7.17. The first-order valence-corrected chi connectivity index (χ1v) is 9.26. The first-order chi connectivity index (χ1) is 13.5. The van der Waals surface area contributed by atoms with Crippen LogP contribution in [0.2, 0.25) is 0 Å². The summed E-state index contributed by atoms with van der Waals surface area (Å²) in [6.07, 6.45) is 2.73. The normalized spacial score (nSPS) is 19.9. The smallest absolute Gasteiger partial charge is 0.256 e. The van der Waals surface area contributed by atoms with Crippen LogP contribution in [-0.4, -0.2) is 65.9 Å². The third-order valence-corrected chi connectivity index (χ3v) is 5.00. The van der Waals surface area contributed by atoms with Gasteiger partial charge < -0.3 is 24.0 Å². The first kappa shape index (κ1) is 20.2. The number of aromatic nitrogens is 1. The number of amides is 1. The van der Waals surface area contributed by atoms with E-state index in [9.17, 15) is 9.90 Å². The molecule has 1 aliphatic rings. The van der Waals surface area contributed by atoms with Crippen LogP contribution < -0.4 is 9.47 Å². The molecule has 1 aromatic heterocycles. The van der Waals surface area contributed by atoms with Crippen LogP contribution in [0.4, 0.5) is 0 Å². The number of carbonyl (C=O) groups excluding carboxylic acids is 1. The number of carbonyl (C=O) groups is 1. The lowest BCUT2D eigenvalue weighted by Crippen LogP contribution is -2.57. The van der Waals surface area contributed by atoms with Crippen LogP contribution in [0.15, 0.2) is 35.0 Å². The quantitative estimate of drug-likeness (QED) is 0.735. The van der Waals surface area contributed by atoms with Crippen molar-refractivity contribution in [1.29, 1.82) is 0 Å². The molecule has 1 saturated heterocycles. The maximum Gasteiger partial charge on any atom is 0.256 e. The number of methoxy groups -OCH3 is 2. The summed E-state index contributed by atoms with van der Waals surface area (Å²) in [4.78, 5) is 16.6. The maximum atomic E-state index is 13.1. The first-order valence-electron chi connectivity index (χ1n) is 9.26. The van der Waals surface area contributed by atoms with Gasteiger partial charge in [-0.05, 0) is 26.0 Å². The van der Waals surface area contributed by atoms with Crippen molar-refractivity contribution in [2.75, 3.05) is 34.4 Å². The molecule has 8 nitrogen and oxygen atoms in total. The van der Waals surface area contributed by atoms with Gasteiger partial charge in [0.15, 0.2) is 22.9 Å². The largest absolute Gasteiger partial charge is 0.493 e. The zero-order chi connectivity index (χ0) is 20.1. The van der Waals surface area contributed by atoms with Gasteiger partial charge in [-0.1, -0.05) is 17.3 Å². The summed E-state index contributed by atoms with van der Waals surface area (Å²) in [5.41, 5.74) is -0.589. The molecule has 1 fully saturated rings. The minimum Gasteiger partial charge on any atom is -0.493 e. The Morgan fingerprint density at radius 3 is 2.82 bits per heavy atom. The van der Waals surface area contributed by atoms with Crippen molar-refractivity contribution >= 4 is 5.91 Å². The van der Waals surface area contributed by atoms with Gasteiger partial charge in [0, 0.05) is 31.3 Å². The van der Waals surface area contributed by atoms with Crippen LogP contribution in [-0.2, 0) is 17.9 Å². The summed E-state index contributed by atoms with van der Waals surface area (Å²) in [7, 11) is 5.00. The van der Waals surface area contributed by atoms with E-state index in [2.05, 4.69) is 5.16 Å².